The van der Waals surface area contributed by atoms with E-state index in [1.165, 1.54) is 6.07 Å². The van der Waals surface area contributed by atoms with Crippen LogP contribution in [0.4, 0.5) is 17.6 Å². The van der Waals surface area contributed by atoms with E-state index in [9.17, 15) is 22.7 Å². The highest BCUT2D eigenvalue weighted by molar-refractivity contribution is 5.29. The molecule has 1 aromatic carbocycles. The zero-order valence-electron chi connectivity index (χ0n) is 11.3. The van der Waals surface area contributed by atoms with Gasteiger partial charge in [0.2, 0.25) is 0 Å². The molecule has 0 amide bonds. The summed E-state index contributed by atoms with van der Waals surface area (Å²) in [5.74, 6) is -1.32. The van der Waals surface area contributed by atoms with Gasteiger partial charge in [-0.25, -0.2) is 4.39 Å². The molecule has 5 heteroatoms. The van der Waals surface area contributed by atoms with Crippen LogP contribution in [0, 0.1) is 11.2 Å². The molecule has 1 aliphatic carbocycles. The first-order valence-corrected chi connectivity index (χ1v) is 6.85. The third kappa shape index (κ3) is 2.68. The lowest BCUT2D eigenvalue weighted by Gasteiger charge is -2.33. The fourth-order valence-corrected chi connectivity index (χ4v) is 3.18. The van der Waals surface area contributed by atoms with Gasteiger partial charge in [-0.2, -0.15) is 13.2 Å². The maximum atomic E-state index is 13.6. The van der Waals surface area contributed by atoms with Gasteiger partial charge in [-0.05, 0) is 37.0 Å². The second kappa shape index (κ2) is 5.35. The predicted molar refractivity (Wildman–Crippen MR) is 67.6 cm³/mol. The summed E-state index contributed by atoms with van der Waals surface area (Å²) in [6, 6.07) is 2.72. The molecule has 1 aliphatic rings. The van der Waals surface area contributed by atoms with Gasteiger partial charge >= 0.3 is 6.18 Å². The molecule has 1 saturated carbocycles. The summed E-state index contributed by atoms with van der Waals surface area (Å²) in [6.07, 6.45) is -1.24. The molecule has 1 nitrogen and oxygen atoms in total. The molecule has 0 radical (unpaired) electrons. The van der Waals surface area contributed by atoms with E-state index in [0.717, 1.165) is 38.2 Å². The van der Waals surface area contributed by atoms with Crippen LogP contribution in [0.2, 0.25) is 0 Å². The molecule has 1 atom stereocenters. The maximum absolute atomic E-state index is 13.6. The van der Waals surface area contributed by atoms with Crippen molar-refractivity contribution in [2.45, 2.75) is 51.3 Å². The molecule has 112 valence electrons. The van der Waals surface area contributed by atoms with Gasteiger partial charge in [0.1, 0.15) is 5.82 Å². The first-order valence-electron chi connectivity index (χ1n) is 6.85. The van der Waals surface area contributed by atoms with Crippen molar-refractivity contribution < 1.29 is 22.7 Å². The van der Waals surface area contributed by atoms with Gasteiger partial charge < -0.3 is 5.11 Å². The minimum absolute atomic E-state index is 0.235. The van der Waals surface area contributed by atoms with Crippen LogP contribution >= 0.6 is 0 Å². The van der Waals surface area contributed by atoms with E-state index in [4.69, 9.17) is 0 Å². The van der Waals surface area contributed by atoms with Crippen LogP contribution in [0.5, 0.6) is 0 Å². The van der Waals surface area contributed by atoms with Crippen molar-refractivity contribution in [3.63, 3.8) is 0 Å². The zero-order chi connectivity index (χ0) is 15.0. The van der Waals surface area contributed by atoms with Crippen LogP contribution in [-0.4, -0.2) is 5.11 Å². The normalized spacial score (nSPS) is 20.1. The van der Waals surface area contributed by atoms with E-state index in [1.54, 1.807) is 0 Å². The molecular formula is C15H18F4O. The Hall–Kier alpha value is -1.10. The van der Waals surface area contributed by atoms with Crippen LogP contribution in [0.3, 0.4) is 0 Å². The van der Waals surface area contributed by atoms with Gasteiger partial charge in [0.15, 0.2) is 0 Å². The SMILES string of the molecule is CCC1(C(O)c2ccc(C(F)(F)F)c(F)c2)CCCC1. The summed E-state index contributed by atoms with van der Waals surface area (Å²) >= 11 is 0. The molecule has 20 heavy (non-hydrogen) atoms. The average Bonchev–Trinajstić information content (AvgIpc) is 2.86. The van der Waals surface area contributed by atoms with Crippen LogP contribution in [-0.2, 0) is 6.18 Å². The van der Waals surface area contributed by atoms with Crippen LogP contribution in [0.1, 0.15) is 56.3 Å². The van der Waals surface area contributed by atoms with E-state index in [0.29, 0.717) is 6.07 Å². The smallest absolute Gasteiger partial charge is 0.388 e. The van der Waals surface area contributed by atoms with Crippen molar-refractivity contribution in [2.75, 3.05) is 0 Å². The second-order valence-corrected chi connectivity index (χ2v) is 5.56. The highest BCUT2D eigenvalue weighted by atomic mass is 19.4. The molecule has 1 fully saturated rings. The third-order valence-electron chi connectivity index (χ3n) is 4.50. The predicted octanol–water partition coefficient (Wildman–Crippen LogP) is 4.85. The lowest BCUT2D eigenvalue weighted by molar-refractivity contribution is -0.140. The van der Waals surface area contributed by atoms with Crippen molar-refractivity contribution in [3.8, 4) is 0 Å². The summed E-state index contributed by atoms with van der Waals surface area (Å²) < 4.78 is 51.2. The van der Waals surface area contributed by atoms with Gasteiger partial charge in [0.25, 0.3) is 0 Å². The van der Waals surface area contributed by atoms with Crippen molar-refractivity contribution >= 4 is 0 Å². The minimum atomic E-state index is -4.70. The van der Waals surface area contributed by atoms with E-state index < -0.39 is 23.7 Å². The first kappa shape index (κ1) is 15.3. The highest BCUT2D eigenvalue weighted by Gasteiger charge is 2.40. The summed E-state index contributed by atoms with van der Waals surface area (Å²) in [6.45, 7) is 1.95. The summed E-state index contributed by atoms with van der Waals surface area (Å²) in [5, 5.41) is 10.4. The third-order valence-corrected chi connectivity index (χ3v) is 4.50. The number of aliphatic hydroxyl groups excluding tert-OH is 1. The van der Waals surface area contributed by atoms with Gasteiger partial charge in [0, 0.05) is 5.41 Å². The Balaban J connectivity index is 2.32. The lowest BCUT2D eigenvalue weighted by atomic mass is 9.75. The Labute approximate surface area is 115 Å². The molecule has 0 bridgehead atoms. The number of hydrogen-bond donors (Lipinski definition) is 1. The topological polar surface area (TPSA) is 20.2 Å². The molecular weight excluding hydrogens is 272 g/mol. The number of rotatable bonds is 3. The Morgan fingerprint density at radius 3 is 2.30 bits per heavy atom. The summed E-state index contributed by atoms with van der Waals surface area (Å²) in [7, 11) is 0. The monoisotopic (exact) mass is 290 g/mol. The zero-order valence-corrected chi connectivity index (χ0v) is 11.3. The van der Waals surface area contributed by atoms with Gasteiger partial charge in [-0.3, -0.25) is 0 Å². The summed E-state index contributed by atoms with van der Waals surface area (Å²) in [4.78, 5) is 0. The van der Waals surface area contributed by atoms with Crippen molar-refractivity contribution in [3.05, 3.63) is 35.1 Å². The lowest BCUT2D eigenvalue weighted by Crippen LogP contribution is -2.25. The number of halogens is 4. The standard InChI is InChI=1S/C15H18F4O/c1-2-14(7-3-4-8-14)13(20)10-5-6-11(12(16)9-10)15(17,18)19/h5-6,9,13,20H,2-4,7-8H2,1H3. The number of alkyl halides is 3. The van der Waals surface area contributed by atoms with Gasteiger partial charge in [0.05, 0.1) is 11.7 Å². The van der Waals surface area contributed by atoms with Crippen molar-refractivity contribution in [2.24, 2.45) is 5.41 Å². The Kier molecular flexibility index (Phi) is 4.09. The van der Waals surface area contributed by atoms with Crippen molar-refractivity contribution in [1.82, 2.24) is 0 Å². The fraction of sp³-hybridized carbons (Fsp3) is 0.600. The van der Waals surface area contributed by atoms with Crippen LogP contribution < -0.4 is 0 Å². The summed E-state index contributed by atoms with van der Waals surface area (Å²) in [5.41, 5.74) is -1.38. The Morgan fingerprint density at radius 2 is 1.85 bits per heavy atom. The maximum Gasteiger partial charge on any atom is 0.419 e. The molecule has 0 aliphatic heterocycles. The first-order chi connectivity index (χ1) is 9.30. The van der Waals surface area contributed by atoms with E-state index in [1.807, 2.05) is 6.92 Å². The average molecular weight is 290 g/mol. The molecule has 1 N–H and O–H groups in total. The second-order valence-electron chi connectivity index (χ2n) is 5.56. The number of hydrogen-bond acceptors (Lipinski definition) is 1. The van der Waals surface area contributed by atoms with Gasteiger partial charge in [-0.15, -0.1) is 0 Å². The number of aliphatic hydroxyl groups is 1. The fourth-order valence-electron chi connectivity index (χ4n) is 3.18. The van der Waals surface area contributed by atoms with E-state index in [2.05, 4.69) is 0 Å². The molecule has 1 aromatic rings. The van der Waals surface area contributed by atoms with Crippen LogP contribution in [0.25, 0.3) is 0 Å². The van der Waals surface area contributed by atoms with Crippen LogP contribution in [0.15, 0.2) is 18.2 Å². The quantitative estimate of drug-likeness (QED) is 0.789. The Morgan fingerprint density at radius 1 is 1.25 bits per heavy atom. The highest BCUT2D eigenvalue weighted by Crippen LogP contribution is 2.50. The van der Waals surface area contributed by atoms with E-state index >= 15 is 0 Å². The molecule has 2 rings (SSSR count). The molecule has 0 spiro atoms. The molecule has 0 aromatic heterocycles. The van der Waals surface area contributed by atoms with Gasteiger partial charge in [-0.1, -0.05) is 25.8 Å². The van der Waals surface area contributed by atoms with Crippen molar-refractivity contribution in [1.29, 1.82) is 0 Å². The number of benzene rings is 1. The minimum Gasteiger partial charge on any atom is -0.388 e. The van der Waals surface area contributed by atoms with E-state index in [-0.39, 0.29) is 11.0 Å². The Bertz CT molecular complexity index is 475. The molecule has 1 unspecified atom stereocenters. The largest absolute Gasteiger partial charge is 0.419 e. The molecule has 0 heterocycles. The molecule has 0 saturated heterocycles.